The molecule has 0 aromatic rings. The lowest BCUT2D eigenvalue weighted by molar-refractivity contribution is -0.130. The molecule has 0 saturated heterocycles. The highest BCUT2D eigenvalue weighted by molar-refractivity contribution is 5.91. The smallest absolute Gasteiger partial charge is 0.150 e. The molecule has 0 aliphatic carbocycles. The van der Waals surface area contributed by atoms with E-state index in [0.29, 0.717) is 12.8 Å². The van der Waals surface area contributed by atoms with Crippen molar-refractivity contribution >= 4 is 11.6 Å². The average Bonchev–Trinajstić information content (AvgIpc) is 2.18. The van der Waals surface area contributed by atoms with Crippen LogP contribution in [0.2, 0.25) is 0 Å². The van der Waals surface area contributed by atoms with Gasteiger partial charge in [-0.25, -0.2) is 0 Å². The number of carbonyl (C=O) groups excluding carboxylic acids is 2. The van der Waals surface area contributed by atoms with E-state index in [0.717, 1.165) is 0 Å². The van der Waals surface area contributed by atoms with Crippen LogP contribution in [0.25, 0.3) is 0 Å². The van der Waals surface area contributed by atoms with E-state index < -0.39 is 0 Å². The fraction of sp³-hybridized carbons (Fsp3) is 0.875. The highest BCUT2D eigenvalue weighted by atomic mass is 16.1. The van der Waals surface area contributed by atoms with Gasteiger partial charge in [0.15, 0.2) is 0 Å². The minimum Gasteiger partial charge on any atom is -0.303 e. The monoisotopic (exact) mass is 269 g/mol. The molecule has 0 aliphatic rings. The molecule has 19 heavy (non-hydrogen) atoms. The third kappa shape index (κ3) is 7.46. The molecular formula is C16H31NO2. The lowest BCUT2D eigenvalue weighted by Gasteiger charge is -2.30. The Bertz CT molecular complexity index is 319. The highest BCUT2D eigenvalue weighted by Gasteiger charge is 2.28. The molecule has 3 nitrogen and oxygen atoms in total. The van der Waals surface area contributed by atoms with Gasteiger partial charge in [0.05, 0.1) is 6.04 Å². The molecule has 1 atom stereocenters. The van der Waals surface area contributed by atoms with Gasteiger partial charge in [-0.2, -0.15) is 0 Å². The molecule has 112 valence electrons. The summed E-state index contributed by atoms with van der Waals surface area (Å²) < 4.78 is 0. The number of rotatable bonds is 6. The first-order valence-electron chi connectivity index (χ1n) is 7.18. The van der Waals surface area contributed by atoms with Crippen molar-refractivity contribution in [2.45, 2.75) is 79.8 Å². The zero-order valence-electron chi connectivity index (χ0n) is 13.9. The van der Waals surface area contributed by atoms with Crippen molar-refractivity contribution in [2.75, 3.05) is 0 Å². The van der Waals surface area contributed by atoms with E-state index in [-0.39, 0.29) is 34.5 Å². The Morgan fingerprint density at radius 2 is 1.42 bits per heavy atom. The molecule has 0 spiro atoms. The van der Waals surface area contributed by atoms with Gasteiger partial charge in [-0.3, -0.25) is 9.59 Å². The number of nitrogens with one attached hydrogen (secondary N) is 1. The van der Waals surface area contributed by atoms with Gasteiger partial charge in [0, 0.05) is 23.8 Å². The fourth-order valence-corrected chi connectivity index (χ4v) is 1.85. The van der Waals surface area contributed by atoms with E-state index in [4.69, 9.17) is 0 Å². The summed E-state index contributed by atoms with van der Waals surface area (Å²) >= 11 is 0. The molecule has 0 heterocycles. The predicted molar refractivity (Wildman–Crippen MR) is 80.2 cm³/mol. The number of carbonyl (C=O) groups is 2. The Hall–Kier alpha value is -0.700. The largest absolute Gasteiger partial charge is 0.303 e. The summed E-state index contributed by atoms with van der Waals surface area (Å²) in [4.78, 5) is 24.2. The predicted octanol–water partition coefficient (Wildman–Crippen LogP) is 3.36. The van der Waals surface area contributed by atoms with Gasteiger partial charge in [-0.05, 0) is 26.7 Å². The molecule has 0 amide bonds. The number of hydrogen-bond acceptors (Lipinski definition) is 3. The van der Waals surface area contributed by atoms with Crippen molar-refractivity contribution in [3.63, 3.8) is 0 Å². The normalized spacial score (nSPS) is 14.6. The zero-order valence-corrected chi connectivity index (χ0v) is 13.9. The van der Waals surface area contributed by atoms with Crippen LogP contribution in [0, 0.1) is 11.3 Å². The Labute approximate surface area is 118 Å². The third-order valence-electron chi connectivity index (χ3n) is 3.04. The second-order valence-electron chi connectivity index (χ2n) is 7.76. The second kappa shape index (κ2) is 6.65. The average molecular weight is 269 g/mol. The first-order valence-corrected chi connectivity index (χ1v) is 7.18. The van der Waals surface area contributed by atoms with Crippen LogP contribution < -0.4 is 5.32 Å². The minimum absolute atomic E-state index is 0.0986. The van der Waals surface area contributed by atoms with E-state index in [1.807, 2.05) is 34.6 Å². The van der Waals surface area contributed by atoms with Gasteiger partial charge in [-0.15, -0.1) is 0 Å². The Kier molecular flexibility index (Phi) is 6.40. The standard InChI is InChI=1S/C16H31NO2/c1-11(2)14(17-16(6,7)8)12(18)9-10-13(19)15(3,4)5/h11,14,17H,9-10H2,1-8H3. The fourth-order valence-electron chi connectivity index (χ4n) is 1.85. The summed E-state index contributed by atoms with van der Waals surface area (Å²) in [7, 11) is 0. The summed E-state index contributed by atoms with van der Waals surface area (Å²) in [6.07, 6.45) is 0.680. The molecule has 0 rings (SSSR count). The van der Waals surface area contributed by atoms with Gasteiger partial charge in [0.2, 0.25) is 0 Å². The number of Topliss-reactive ketones (excluding diaryl/α,β-unsaturated/α-hetero) is 2. The summed E-state index contributed by atoms with van der Waals surface area (Å²) in [5.74, 6) is 0.526. The molecule has 0 aliphatic heterocycles. The third-order valence-corrected chi connectivity index (χ3v) is 3.04. The topological polar surface area (TPSA) is 46.2 Å². The first kappa shape index (κ1) is 18.3. The molecule has 0 bridgehead atoms. The molecule has 0 aromatic heterocycles. The summed E-state index contributed by atoms with van der Waals surface area (Å²) in [6, 6.07) is -0.173. The van der Waals surface area contributed by atoms with Crippen LogP contribution >= 0.6 is 0 Å². The van der Waals surface area contributed by atoms with Crippen molar-refractivity contribution < 1.29 is 9.59 Å². The number of ketones is 2. The Morgan fingerprint density at radius 1 is 0.947 bits per heavy atom. The van der Waals surface area contributed by atoms with Gasteiger partial charge in [-0.1, -0.05) is 34.6 Å². The molecule has 1 unspecified atom stereocenters. The molecule has 1 N–H and O–H groups in total. The van der Waals surface area contributed by atoms with Crippen LogP contribution in [0.15, 0.2) is 0 Å². The van der Waals surface area contributed by atoms with E-state index in [9.17, 15) is 9.59 Å². The lowest BCUT2D eigenvalue weighted by Crippen LogP contribution is -2.50. The van der Waals surface area contributed by atoms with Gasteiger partial charge < -0.3 is 5.32 Å². The lowest BCUT2D eigenvalue weighted by atomic mass is 9.86. The zero-order chi connectivity index (χ0) is 15.4. The molecule has 3 heteroatoms. The quantitative estimate of drug-likeness (QED) is 0.804. The van der Waals surface area contributed by atoms with Crippen LogP contribution in [0.5, 0.6) is 0 Å². The van der Waals surface area contributed by atoms with Gasteiger partial charge in [0.1, 0.15) is 11.6 Å². The van der Waals surface area contributed by atoms with E-state index in [1.54, 1.807) is 0 Å². The van der Waals surface area contributed by atoms with Crippen molar-refractivity contribution in [1.29, 1.82) is 0 Å². The maximum atomic E-state index is 12.3. The van der Waals surface area contributed by atoms with Gasteiger partial charge in [0.25, 0.3) is 0 Å². The minimum atomic E-state index is -0.356. The van der Waals surface area contributed by atoms with Crippen LogP contribution in [0.4, 0.5) is 0 Å². The van der Waals surface area contributed by atoms with Crippen LogP contribution in [-0.2, 0) is 9.59 Å². The summed E-state index contributed by atoms with van der Waals surface area (Å²) in [6.45, 7) is 15.9. The molecule has 0 saturated carbocycles. The molecule has 0 aromatic carbocycles. The van der Waals surface area contributed by atoms with E-state index in [2.05, 4.69) is 26.1 Å². The summed E-state index contributed by atoms with van der Waals surface area (Å²) in [5.41, 5.74) is -0.455. The Morgan fingerprint density at radius 3 is 1.74 bits per heavy atom. The van der Waals surface area contributed by atoms with Gasteiger partial charge >= 0.3 is 0 Å². The SMILES string of the molecule is CC(C)C(NC(C)(C)C)C(=O)CCC(=O)C(C)(C)C. The van der Waals surface area contributed by atoms with Crippen molar-refractivity contribution in [3.8, 4) is 0 Å². The maximum absolute atomic E-state index is 12.3. The van der Waals surface area contributed by atoms with Crippen LogP contribution in [0.3, 0.4) is 0 Å². The first-order chi connectivity index (χ1) is 8.34. The van der Waals surface area contributed by atoms with Crippen molar-refractivity contribution in [2.24, 2.45) is 11.3 Å². The van der Waals surface area contributed by atoms with Crippen molar-refractivity contribution in [1.82, 2.24) is 5.32 Å². The van der Waals surface area contributed by atoms with Crippen LogP contribution in [0.1, 0.15) is 68.2 Å². The molecule has 0 radical (unpaired) electrons. The second-order valence-corrected chi connectivity index (χ2v) is 7.76. The Balaban J connectivity index is 4.56. The summed E-state index contributed by atoms with van der Waals surface area (Å²) in [5, 5.41) is 3.36. The van der Waals surface area contributed by atoms with E-state index in [1.165, 1.54) is 0 Å². The van der Waals surface area contributed by atoms with Crippen LogP contribution in [-0.4, -0.2) is 23.1 Å². The number of hydrogen-bond donors (Lipinski definition) is 1. The van der Waals surface area contributed by atoms with Crippen molar-refractivity contribution in [3.05, 3.63) is 0 Å². The molecule has 0 fully saturated rings. The highest BCUT2D eigenvalue weighted by Crippen LogP contribution is 2.19. The van der Waals surface area contributed by atoms with E-state index >= 15 is 0 Å². The molecular weight excluding hydrogens is 238 g/mol. The maximum Gasteiger partial charge on any atom is 0.150 e.